The molecule has 0 aromatic rings. The highest BCUT2D eigenvalue weighted by molar-refractivity contribution is 5.03. The molecule has 2 fully saturated rings. The number of hydrogen-bond donors (Lipinski definition) is 0. The van der Waals surface area contributed by atoms with Crippen LogP contribution < -0.4 is 0 Å². The van der Waals surface area contributed by atoms with Gasteiger partial charge in [0.05, 0.1) is 0 Å². The van der Waals surface area contributed by atoms with E-state index in [4.69, 9.17) is 0 Å². The lowest BCUT2D eigenvalue weighted by molar-refractivity contribution is -0.0583. The van der Waals surface area contributed by atoms with Gasteiger partial charge in [0.2, 0.25) is 0 Å². The van der Waals surface area contributed by atoms with Crippen molar-refractivity contribution in [1.82, 2.24) is 4.90 Å². The van der Waals surface area contributed by atoms with Crippen LogP contribution >= 0.6 is 0 Å². The van der Waals surface area contributed by atoms with Gasteiger partial charge in [-0.3, -0.25) is 4.90 Å². The van der Waals surface area contributed by atoms with Crippen molar-refractivity contribution in [2.75, 3.05) is 13.1 Å². The Labute approximate surface area is 114 Å². The molecule has 1 aliphatic carbocycles. The monoisotopic (exact) mass is 251 g/mol. The van der Waals surface area contributed by atoms with Gasteiger partial charge in [0.1, 0.15) is 0 Å². The molecule has 1 heteroatoms. The van der Waals surface area contributed by atoms with Crippen molar-refractivity contribution in [3.05, 3.63) is 0 Å². The van der Waals surface area contributed by atoms with E-state index in [9.17, 15) is 0 Å². The molecule has 106 valence electrons. The third-order valence-electron chi connectivity index (χ3n) is 5.26. The Balaban J connectivity index is 2.24. The lowest BCUT2D eigenvalue weighted by Gasteiger charge is -2.57. The first-order valence-corrected chi connectivity index (χ1v) is 8.04. The van der Waals surface area contributed by atoms with E-state index >= 15 is 0 Å². The maximum absolute atomic E-state index is 2.86. The van der Waals surface area contributed by atoms with Gasteiger partial charge >= 0.3 is 0 Å². The van der Waals surface area contributed by atoms with Crippen molar-refractivity contribution in [3.8, 4) is 0 Å². The number of likely N-dealkylation sites (tertiary alicyclic amines) is 1. The summed E-state index contributed by atoms with van der Waals surface area (Å²) in [6.45, 7) is 15.1. The van der Waals surface area contributed by atoms with Crippen molar-refractivity contribution in [3.63, 3.8) is 0 Å². The first kappa shape index (κ1) is 14.4. The molecule has 2 rings (SSSR count). The molecule has 0 aromatic carbocycles. The number of nitrogens with zero attached hydrogens (tertiary/aromatic N) is 1. The maximum Gasteiger partial charge on any atom is 0.0217 e. The van der Waals surface area contributed by atoms with E-state index in [-0.39, 0.29) is 0 Å². The summed E-state index contributed by atoms with van der Waals surface area (Å²) in [5.74, 6) is 0. The summed E-state index contributed by atoms with van der Waals surface area (Å²) in [5, 5.41) is 0. The SMILES string of the molecule is CCC1(N2CCCCC2)CC(C)(C)CC(C)(C)C1. The zero-order valence-corrected chi connectivity index (χ0v) is 13.3. The van der Waals surface area contributed by atoms with Crippen LogP contribution in [0.1, 0.15) is 79.6 Å². The first-order chi connectivity index (χ1) is 8.29. The summed E-state index contributed by atoms with van der Waals surface area (Å²) in [4.78, 5) is 2.86. The highest BCUT2D eigenvalue weighted by Crippen LogP contribution is 2.53. The van der Waals surface area contributed by atoms with Crippen molar-refractivity contribution in [2.45, 2.75) is 85.1 Å². The van der Waals surface area contributed by atoms with Crippen molar-refractivity contribution in [2.24, 2.45) is 10.8 Å². The average Bonchev–Trinajstić information content (AvgIpc) is 2.26. The Morgan fingerprint density at radius 2 is 1.28 bits per heavy atom. The normalized spacial score (nSPS) is 31.2. The predicted molar refractivity (Wildman–Crippen MR) is 79.9 cm³/mol. The molecule has 1 aliphatic heterocycles. The van der Waals surface area contributed by atoms with Crippen LogP contribution in [0.5, 0.6) is 0 Å². The number of hydrogen-bond acceptors (Lipinski definition) is 1. The molecule has 1 nitrogen and oxygen atoms in total. The van der Waals surface area contributed by atoms with Gasteiger partial charge in [-0.1, -0.05) is 41.0 Å². The molecule has 1 saturated heterocycles. The van der Waals surface area contributed by atoms with Crippen molar-refractivity contribution < 1.29 is 0 Å². The van der Waals surface area contributed by atoms with Crippen molar-refractivity contribution in [1.29, 1.82) is 0 Å². The quantitative estimate of drug-likeness (QED) is 0.677. The Bertz CT molecular complexity index is 268. The van der Waals surface area contributed by atoms with Gasteiger partial charge in [-0.2, -0.15) is 0 Å². The molecule has 0 bridgehead atoms. The Kier molecular flexibility index (Phi) is 3.84. The highest BCUT2D eigenvalue weighted by atomic mass is 15.2. The van der Waals surface area contributed by atoms with Crippen LogP contribution in [0.4, 0.5) is 0 Å². The second-order valence-electron chi connectivity index (χ2n) is 8.48. The molecule has 0 radical (unpaired) electrons. The van der Waals surface area contributed by atoms with E-state index in [2.05, 4.69) is 39.5 Å². The minimum atomic E-state index is 0.492. The molecular weight excluding hydrogens is 218 g/mol. The van der Waals surface area contributed by atoms with Crippen LogP contribution in [0.15, 0.2) is 0 Å². The zero-order chi connectivity index (χ0) is 13.4. The van der Waals surface area contributed by atoms with E-state index in [1.807, 2.05) is 0 Å². The smallest absolute Gasteiger partial charge is 0.0217 e. The fourth-order valence-electron chi connectivity index (χ4n) is 5.33. The van der Waals surface area contributed by atoms with E-state index < -0.39 is 0 Å². The first-order valence-electron chi connectivity index (χ1n) is 8.04. The minimum Gasteiger partial charge on any atom is -0.298 e. The van der Waals surface area contributed by atoms with Gasteiger partial charge in [-0.15, -0.1) is 0 Å². The fourth-order valence-corrected chi connectivity index (χ4v) is 5.33. The van der Waals surface area contributed by atoms with Crippen LogP contribution in [0.25, 0.3) is 0 Å². The third kappa shape index (κ3) is 2.92. The zero-order valence-electron chi connectivity index (χ0n) is 13.3. The summed E-state index contributed by atoms with van der Waals surface area (Å²) < 4.78 is 0. The Hall–Kier alpha value is -0.0400. The van der Waals surface area contributed by atoms with Gasteiger partial charge < -0.3 is 0 Å². The molecule has 18 heavy (non-hydrogen) atoms. The standard InChI is InChI=1S/C17H33N/c1-6-17(18-10-8-7-9-11-18)13-15(2,3)12-16(4,5)14-17/h6-14H2,1-5H3. The van der Waals surface area contributed by atoms with Gasteiger partial charge in [-0.05, 0) is 62.4 Å². The maximum atomic E-state index is 2.86. The van der Waals surface area contributed by atoms with Gasteiger partial charge in [0, 0.05) is 5.54 Å². The van der Waals surface area contributed by atoms with E-state index in [1.165, 1.54) is 58.0 Å². The van der Waals surface area contributed by atoms with Gasteiger partial charge in [0.15, 0.2) is 0 Å². The second-order valence-corrected chi connectivity index (χ2v) is 8.48. The topological polar surface area (TPSA) is 3.24 Å². The molecule has 0 amide bonds. The second kappa shape index (κ2) is 4.81. The molecule has 0 N–H and O–H groups in total. The lowest BCUT2D eigenvalue weighted by Crippen LogP contribution is -2.57. The van der Waals surface area contributed by atoms with E-state index in [1.54, 1.807) is 0 Å². The molecule has 1 heterocycles. The van der Waals surface area contributed by atoms with Crippen molar-refractivity contribution >= 4 is 0 Å². The summed E-state index contributed by atoms with van der Waals surface area (Å²) in [6.07, 6.45) is 9.81. The molecule has 0 spiro atoms. The Morgan fingerprint density at radius 3 is 1.72 bits per heavy atom. The van der Waals surface area contributed by atoms with Gasteiger partial charge in [0.25, 0.3) is 0 Å². The molecular formula is C17H33N. The number of rotatable bonds is 2. The molecule has 0 atom stereocenters. The molecule has 0 aromatic heterocycles. The predicted octanol–water partition coefficient (Wildman–Crippen LogP) is 4.86. The molecule has 2 aliphatic rings. The summed E-state index contributed by atoms with van der Waals surface area (Å²) >= 11 is 0. The van der Waals surface area contributed by atoms with Crippen LogP contribution in [0.3, 0.4) is 0 Å². The average molecular weight is 251 g/mol. The van der Waals surface area contributed by atoms with Crippen LogP contribution in [0, 0.1) is 10.8 Å². The molecule has 0 unspecified atom stereocenters. The van der Waals surface area contributed by atoms with Gasteiger partial charge in [-0.25, -0.2) is 0 Å². The third-order valence-corrected chi connectivity index (χ3v) is 5.26. The summed E-state index contributed by atoms with van der Waals surface area (Å²) in [5.41, 5.74) is 1.51. The van der Waals surface area contributed by atoms with Crippen LogP contribution in [0.2, 0.25) is 0 Å². The van der Waals surface area contributed by atoms with E-state index in [0.29, 0.717) is 16.4 Å². The van der Waals surface area contributed by atoms with Crippen LogP contribution in [-0.4, -0.2) is 23.5 Å². The minimum absolute atomic E-state index is 0.492. The van der Waals surface area contributed by atoms with E-state index in [0.717, 1.165) is 0 Å². The lowest BCUT2D eigenvalue weighted by atomic mass is 9.57. The summed E-state index contributed by atoms with van der Waals surface area (Å²) in [6, 6.07) is 0. The Morgan fingerprint density at radius 1 is 0.778 bits per heavy atom. The highest BCUT2D eigenvalue weighted by Gasteiger charge is 2.49. The summed E-state index contributed by atoms with van der Waals surface area (Å²) in [7, 11) is 0. The largest absolute Gasteiger partial charge is 0.298 e. The fraction of sp³-hybridized carbons (Fsp3) is 1.00. The van der Waals surface area contributed by atoms with Crippen LogP contribution in [-0.2, 0) is 0 Å². The number of piperidine rings is 1. The molecule has 1 saturated carbocycles.